The molecule has 0 aliphatic carbocycles. The molecule has 0 amide bonds. The molecule has 0 bridgehead atoms. The second-order valence-electron chi connectivity index (χ2n) is 2.65. The molecule has 5 heteroatoms. The summed E-state index contributed by atoms with van der Waals surface area (Å²) in [6.07, 6.45) is 0. The molecule has 0 aromatic carbocycles. The Kier molecular flexibility index (Phi) is 2.21. The van der Waals surface area contributed by atoms with Crippen LogP contribution in [0.1, 0.15) is 20.8 Å². The van der Waals surface area contributed by atoms with Crippen LogP contribution in [0.3, 0.4) is 0 Å². The normalized spacial score (nSPS) is 13.8. The van der Waals surface area contributed by atoms with E-state index in [0.717, 1.165) is 0 Å². The molecule has 0 atom stereocenters. The van der Waals surface area contributed by atoms with Crippen LogP contribution in [0, 0.1) is 0 Å². The standard InChI is InChI=1S/C4H10NO3S/c1-4(2,3)8-9(5,6)7/h5H,1-3H3. The summed E-state index contributed by atoms with van der Waals surface area (Å²) in [5.74, 6) is 0. The van der Waals surface area contributed by atoms with E-state index >= 15 is 0 Å². The molecule has 0 unspecified atom stereocenters. The van der Waals surface area contributed by atoms with Crippen molar-refractivity contribution in [1.82, 2.24) is 5.14 Å². The summed E-state index contributed by atoms with van der Waals surface area (Å²) in [5.41, 5.74) is -0.791. The van der Waals surface area contributed by atoms with Gasteiger partial charge in [-0.05, 0) is 20.8 Å². The average molecular weight is 152 g/mol. The minimum Gasteiger partial charge on any atom is -0.251 e. The van der Waals surface area contributed by atoms with E-state index in [4.69, 9.17) is 5.14 Å². The summed E-state index contributed by atoms with van der Waals surface area (Å²) in [7, 11) is -4.03. The molecule has 55 valence electrons. The van der Waals surface area contributed by atoms with Gasteiger partial charge in [0, 0.05) is 0 Å². The van der Waals surface area contributed by atoms with Crippen LogP contribution >= 0.6 is 0 Å². The van der Waals surface area contributed by atoms with Crippen molar-refractivity contribution in [2.75, 3.05) is 0 Å². The highest BCUT2D eigenvalue weighted by Crippen LogP contribution is 2.08. The highest BCUT2D eigenvalue weighted by atomic mass is 32.2. The van der Waals surface area contributed by atoms with Gasteiger partial charge in [0.2, 0.25) is 0 Å². The molecule has 4 nitrogen and oxygen atoms in total. The van der Waals surface area contributed by atoms with Crippen molar-refractivity contribution in [3.05, 3.63) is 0 Å². The maximum Gasteiger partial charge on any atom is 0.350 e. The Balaban J connectivity index is 4.07. The Morgan fingerprint density at radius 2 is 1.67 bits per heavy atom. The molecule has 0 heterocycles. The van der Waals surface area contributed by atoms with E-state index in [9.17, 15) is 8.42 Å². The predicted octanol–water partition coefficient (Wildman–Crippen LogP) is 0.329. The second kappa shape index (κ2) is 2.24. The minimum atomic E-state index is -4.03. The predicted molar refractivity (Wildman–Crippen MR) is 32.9 cm³/mol. The number of nitrogens with one attached hydrogen (secondary N) is 1. The molecule has 0 aromatic rings. The van der Waals surface area contributed by atoms with Crippen LogP contribution in [0.4, 0.5) is 0 Å². The van der Waals surface area contributed by atoms with Crippen LogP contribution in [0.5, 0.6) is 0 Å². The fourth-order valence-corrected chi connectivity index (χ4v) is 0.987. The zero-order valence-electron chi connectivity index (χ0n) is 5.63. The summed E-state index contributed by atoms with van der Waals surface area (Å²) in [6.45, 7) is 4.71. The average Bonchev–Trinajstić information content (AvgIpc) is 1.14. The third kappa shape index (κ3) is 7.87. The van der Waals surface area contributed by atoms with Crippen molar-refractivity contribution >= 4 is 10.3 Å². The van der Waals surface area contributed by atoms with Gasteiger partial charge in [0.05, 0.1) is 5.60 Å². The summed E-state index contributed by atoms with van der Waals surface area (Å²) in [4.78, 5) is 0. The van der Waals surface area contributed by atoms with Crippen LogP contribution < -0.4 is 5.14 Å². The lowest BCUT2D eigenvalue weighted by molar-refractivity contribution is 0.139. The quantitative estimate of drug-likeness (QED) is 0.543. The lowest BCUT2D eigenvalue weighted by Gasteiger charge is -2.15. The third-order valence-corrected chi connectivity index (χ3v) is 1.08. The Morgan fingerprint density at radius 1 is 1.33 bits per heavy atom. The van der Waals surface area contributed by atoms with E-state index in [1.807, 2.05) is 0 Å². The van der Waals surface area contributed by atoms with Gasteiger partial charge in [0.25, 0.3) is 0 Å². The lowest BCUT2D eigenvalue weighted by atomic mass is 10.2. The van der Waals surface area contributed by atoms with Gasteiger partial charge in [-0.1, -0.05) is 0 Å². The topological polar surface area (TPSA) is 67.2 Å². The van der Waals surface area contributed by atoms with E-state index in [0.29, 0.717) is 0 Å². The summed E-state index contributed by atoms with van der Waals surface area (Å²) in [6, 6.07) is 0. The van der Waals surface area contributed by atoms with Gasteiger partial charge in [-0.15, -0.1) is 5.14 Å². The Labute approximate surface area is 55.3 Å². The minimum absolute atomic E-state index is 0.791. The number of hydrogen-bond acceptors (Lipinski definition) is 3. The second-order valence-corrected chi connectivity index (χ2v) is 3.72. The molecular formula is C4H10NO3S. The number of hydrogen-bond donors (Lipinski definition) is 0. The van der Waals surface area contributed by atoms with E-state index in [1.54, 1.807) is 20.8 Å². The van der Waals surface area contributed by atoms with E-state index < -0.39 is 15.9 Å². The molecule has 0 saturated carbocycles. The van der Waals surface area contributed by atoms with Gasteiger partial charge < -0.3 is 0 Å². The highest BCUT2D eigenvalue weighted by molar-refractivity contribution is 7.84. The van der Waals surface area contributed by atoms with Gasteiger partial charge in [-0.3, -0.25) is 4.18 Å². The van der Waals surface area contributed by atoms with Gasteiger partial charge >= 0.3 is 10.3 Å². The highest BCUT2D eigenvalue weighted by Gasteiger charge is 2.17. The fourth-order valence-electron chi connectivity index (χ4n) is 0.329. The first-order valence-corrected chi connectivity index (χ1v) is 3.82. The molecule has 1 N–H and O–H groups in total. The summed E-state index contributed by atoms with van der Waals surface area (Å²) in [5, 5.41) is 6.34. The van der Waals surface area contributed by atoms with Gasteiger partial charge in [0.15, 0.2) is 0 Å². The first kappa shape index (κ1) is 8.87. The smallest absolute Gasteiger partial charge is 0.251 e. The first-order valence-electron chi connectivity index (χ1n) is 2.41. The molecule has 0 spiro atoms. The molecule has 0 aliphatic heterocycles. The van der Waals surface area contributed by atoms with Crippen LogP contribution in [0.25, 0.3) is 0 Å². The molecule has 0 aromatic heterocycles. The van der Waals surface area contributed by atoms with Gasteiger partial charge in [-0.25, -0.2) is 0 Å². The molecule has 0 aliphatic rings. The van der Waals surface area contributed by atoms with Crippen molar-refractivity contribution in [2.24, 2.45) is 0 Å². The molecule has 0 fully saturated rings. The van der Waals surface area contributed by atoms with Gasteiger partial charge in [-0.2, -0.15) is 8.42 Å². The van der Waals surface area contributed by atoms with Crippen LogP contribution in [0.15, 0.2) is 0 Å². The van der Waals surface area contributed by atoms with Crippen LogP contribution in [-0.2, 0) is 14.5 Å². The van der Waals surface area contributed by atoms with Crippen molar-refractivity contribution < 1.29 is 12.6 Å². The lowest BCUT2D eigenvalue weighted by Crippen LogP contribution is -2.24. The monoisotopic (exact) mass is 152 g/mol. The van der Waals surface area contributed by atoms with Crippen molar-refractivity contribution in [1.29, 1.82) is 0 Å². The largest absolute Gasteiger partial charge is 0.350 e. The zero-order valence-corrected chi connectivity index (χ0v) is 6.45. The van der Waals surface area contributed by atoms with Crippen molar-refractivity contribution in [3.8, 4) is 0 Å². The molecule has 0 rings (SSSR count). The Hall–Kier alpha value is -0.130. The molecule has 1 radical (unpaired) electrons. The summed E-state index contributed by atoms with van der Waals surface area (Å²) < 4.78 is 24.4. The van der Waals surface area contributed by atoms with E-state index in [-0.39, 0.29) is 0 Å². The summed E-state index contributed by atoms with van der Waals surface area (Å²) >= 11 is 0. The molecule has 0 saturated heterocycles. The van der Waals surface area contributed by atoms with Crippen LogP contribution in [0.2, 0.25) is 0 Å². The number of rotatable bonds is 1. The molecule has 9 heavy (non-hydrogen) atoms. The van der Waals surface area contributed by atoms with Crippen molar-refractivity contribution in [2.45, 2.75) is 26.4 Å². The van der Waals surface area contributed by atoms with Gasteiger partial charge in [0.1, 0.15) is 0 Å². The molecular weight excluding hydrogens is 142 g/mol. The zero-order chi connectivity index (χ0) is 7.71. The van der Waals surface area contributed by atoms with Crippen molar-refractivity contribution in [3.63, 3.8) is 0 Å². The van der Waals surface area contributed by atoms with E-state index in [2.05, 4.69) is 4.18 Å². The maximum atomic E-state index is 10.1. The SMILES string of the molecule is CC(C)(C)OS([NH])(=O)=O. The Morgan fingerprint density at radius 3 is 1.67 bits per heavy atom. The fraction of sp³-hybridized carbons (Fsp3) is 1.00. The van der Waals surface area contributed by atoms with E-state index in [1.165, 1.54) is 0 Å². The maximum absolute atomic E-state index is 10.1. The van der Waals surface area contributed by atoms with Crippen LogP contribution in [-0.4, -0.2) is 14.0 Å². The first-order chi connectivity index (χ1) is 3.71. The Bertz CT molecular complexity index is 176. The third-order valence-electron chi connectivity index (χ3n) is 0.360.